The summed E-state index contributed by atoms with van der Waals surface area (Å²) in [6.45, 7) is -13.3. The van der Waals surface area contributed by atoms with Crippen LogP contribution in [0.4, 0.5) is 5.69 Å². The summed E-state index contributed by atoms with van der Waals surface area (Å²) in [6, 6.07) is 11.8. The first-order valence-electron chi connectivity index (χ1n) is 12.7. The van der Waals surface area contributed by atoms with E-state index in [0.717, 1.165) is 0 Å². The predicted molar refractivity (Wildman–Crippen MR) is 114 cm³/mol. The Morgan fingerprint density at radius 3 is 2.68 bits per heavy atom. The van der Waals surface area contributed by atoms with Crippen molar-refractivity contribution in [3.8, 4) is 0 Å². The lowest BCUT2D eigenvalue weighted by atomic mass is 10.1. The maximum absolute atomic E-state index is 8.91. The average Bonchev–Trinajstić information content (AvgIpc) is 2.95. The molecule has 0 spiro atoms. The second-order valence-electron chi connectivity index (χ2n) is 5.89. The quantitative estimate of drug-likeness (QED) is 0.743. The number of benzene rings is 2. The highest BCUT2D eigenvalue weighted by atomic mass is 35.5. The summed E-state index contributed by atoms with van der Waals surface area (Å²) in [5.41, 5.74) is 0.566. The van der Waals surface area contributed by atoms with Crippen molar-refractivity contribution in [2.24, 2.45) is 4.99 Å². The van der Waals surface area contributed by atoms with Gasteiger partial charge in [0.05, 0.1) is 36.0 Å². The SMILES string of the molecule is [2H]C1([2H])N(CCOCCO)C([2H])([2H])C([2H])([2H])N(C2=Nc3c(Cl)cccc3Sc3ccccc32)C1([2H])[2H]. The fraction of sp³-hybridized carbons (Fsp3) is 0.381. The molecule has 2 aliphatic heterocycles. The van der Waals surface area contributed by atoms with Crippen LogP contribution in [0.5, 0.6) is 0 Å². The predicted octanol–water partition coefficient (Wildman–Crippen LogP) is 3.51. The Kier molecular flexibility index (Phi) is 4.05. The van der Waals surface area contributed by atoms with E-state index in [1.807, 2.05) is 0 Å². The summed E-state index contributed by atoms with van der Waals surface area (Å²) >= 11 is 7.70. The van der Waals surface area contributed by atoms with Crippen LogP contribution in [-0.2, 0) is 4.74 Å². The minimum atomic E-state index is -3.10. The average molecular weight is 426 g/mol. The highest BCUT2D eigenvalue weighted by Gasteiger charge is 2.25. The number of aliphatic imine (C=N–C) groups is 1. The number of piperazine rings is 1. The van der Waals surface area contributed by atoms with Gasteiger partial charge in [-0.05, 0) is 18.2 Å². The third-order valence-electron chi connectivity index (χ3n) is 4.02. The molecule has 0 unspecified atom stereocenters. The van der Waals surface area contributed by atoms with Crippen molar-refractivity contribution in [1.29, 1.82) is 0 Å². The molecule has 0 aliphatic carbocycles. The first-order chi connectivity index (χ1) is 16.8. The van der Waals surface area contributed by atoms with Crippen LogP contribution in [0.15, 0.2) is 57.2 Å². The summed E-state index contributed by atoms with van der Waals surface area (Å²) in [5.74, 6) is -0.274. The number of nitrogens with zero attached hydrogens (tertiary/aromatic N) is 3. The van der Waals surface area contributed by atoms with Crippen LogP contribution in [0, 0.1) is 0 Å². The molecule has 0 saturated carbocycles. The monoisotopic (exact) mass is 425 g/mol. The molecule has 0 aromatic heterocycles. The molecule has 7 heteroatoms. The van der Waals surface area contributed by atoms with Gasteiger partial charge < -0.3 is 14.7 Å². The van der Waals surface area contributed by atoms with Gasteiger partial charge in [0, 0.05) is 53.4 Å². The van der Waals surface area contributed by atoms with E-state index in [4.69, 9.17) is 32.4 Å². The maximum atomic E-state index is 8.91. The minimum absolute atomic E-state index is 0.0722. The van der Waals surface area contributed by atoms with Gasteiger partial charge in [0.15, 0.2) is 0 Å². The Balaban J connectivity index is 1.92. The van der Waals surface area contributed by atoms with Crippen molar-refractivity contribution in [1.82, 2.24) is 9.80 Å². The second-order valence-corrected chi connectivity index (χ2v) is 7.38. The van der Waals surface area contributed by atoms with E-state index >= 15 is 0 Å². The zero-order chi connectivity index (χ0) is 26.5. The van der Waals surface area contributed by atoms with Crippen LogP contribution in [0.3, 0.4) is 0 Å². The molecule has 148 valence electrons. The molecule has 2 aromatic carbocycles. The lowest BCUT2D eigenvalue weighted by Gasteiger charge is -2.36. The topological polar surface area (TPSA) is 48.3 Å². The number of para-hydroxylation sites is 1. The van der Waals surface area contributed by atoms with Crippen LogP contribution < -0.4 is 0 Å². The molecule has 2 heterocycles. The first kappa shape index (κ1) is 12.2. The molecule has 2 aliphatic rings. The number of halogens is 1. The fourth-order valence-corrected chi connectivity index (χ4v) is 4.02. The van der Waals surface area contributed by atoms with Crippen LogP contribution in [0.25, 0.3) is 0 Å². The van der Waals surface area contributed by atoms with Crippen molar-refractivity contribution in [2.75, 3.05) is 52.4 Å². The van der Waals surface area contributed by atoms with Gasteiger partial charge in [-0.1, -0.05) is 47.6 Å². The molecular weight excluding hydrogens is 394 g/mol. The number of amidine groups is 1. The van der Waals surface area contributed by atoms with E-state index in [1.54, 1.807) is 42.5 Å². The molecule has 28 heavy (non-hydrogen) atoms. The molecule has 0 atom stereocenters. The normalized spacial score (nSPS) is 28.4. The van der Waals surface area contributed by atoms with Gasteiger partial charge in [0.1, 0.15) is 5.84 Å². The Morgan fingerprint density at radius 1 is 1.07 bits per heavy atom. The Hall–Kier alpha value is -1.57. The molecule has 1 saturated heterocycles. The van der Waals surface area contributed by atoms with Crippen LogP contribution in [0.2, 0.25) is 5.02 Å². The van der Waals surface area contributed by atoms with Gasteiger partial charge in [-0.15, -0.1) is 0 Å². The van der Waals surface area contributed by atoms with E-state index in [1.165, 1.54) is 11.8 Å². The lowest BCUT2D eigenvalue weighted by Crippen LogP contribution is -2.49. The number of hydrogen-bond donors (Lipinski definition) is 1. The van der Waals surface area contributed by atoms with Gasteiger partial charge in [-0.3, -0.25) is 4.90 Å². The number of fused-ring (bicyclic) bond motifs is 2. The third-order valence-corrected chi connectivity index (χ3v) is 5.45. The molecule has 4 rings (SSSR count). The summed E-state index contributed by atoms with van der Waals surface area (Å²) in [5, 5.41) is 9.14. The van der Waals surface area contributed by atoms with Crippen molar-refractivity contribution in [3.63, 3.8) is 0 Å². The molecule has 0 bridgehead atoms. The van der Waals surface area contributed by atoms with E-state index in [-0.39, 0.29) is 36.4 Å². The zero-order valence-electron chi connectivity index (χ0n) is 22.9. The number of hydrogen-bond acceptors (Lipinski definition) is 6. The highest BCUT2D eigenvalue weighted by Crippen LogP contribution is 2.43. The zero-order valence-corrected chi connectivity index (χ0v) is 16.4. The number of aliphatic hydroxyl groups is 1. The summed E-state index contributed by atoms with van der Waals surface area (Å²) in [7, 11) is 0. The summed E-state index contributed by atoms with van der Waals surface area (Å²) < 4.78 is 75.0. The molecule has 5 nitrogen and oxygen atoms in total. The Bertz CT molecular complexity index is 1160. The molecule has 1 N–H and O–H groups in total. The van der Waals surface area contributed by atoms with E-state index in [9.17, 15) is 0 Å². The number of ether oxygens (including phenoxy) is 1. The maximum Gasteiger partial charge on any atom is 0.137 e. The standard InChI is InChI=1S/C21H24ClN3O2S/c22-17-5-3-7-19-20(17)23-21(16-4-1-2-6-18(16)28-19)25-10-8-24(9-11-25)12-14-27-15-13-26/h1-7,26H,8-15H2/i8D2,9D2,10D2,11D2. The van der Waals surface area contributed by atoms with Crippen LogP contribution >= 0.6 is 23.4 Å². The fourth-order valence-electron chi connectivity index (χ4n) is 2.70. The molecule has 0 amide bonds. The van der Waals surface area contributed by atoms with Crippen molar-refractivity contribution < 1.29 is 20.8 Å². The van der Waals surface area contributed by atoms with Gasteiger partial charge in [0.25, 0.3) is 0 Å². The van der Waals surface area contributed by atoms with E-state index in [0.29, 0.717) is 25.2 Å². The minimum Gasteiger partial charge on any atom is -0.394 e. The Morgan fingerprint density at radius 2 is 1.86 bits per heavy atom. The summed E-state index contributed by atoms with van der Waals surface area (Å²) in [4.78, 5) is 6.73. The van der Waals surface area contributed by atoms with E-state index < -0.39 is 32.5 Å². The number of aliphatic hydroxyl groups excluding tert-OH is 1. The molecule has 1 fully saturated rings. The third kappa shape index (κ3) is 4.36. The largest absolute Gasteiger partial charge is 0.394 e. The van der Waals surface area contributed by atoms with Gasteiger partial charge in [-0.2, -0.15) is 0 Å². The molecular formula is C21H24ClN3O2S. The van der Waals surface area contributed by atoms with Crippen LogP contribution in [0.1, 0.15) is 16.5 Å². The van der Waals surface area contributed by atoms with E-state index in [2.05, 4.69) is 4.99 Å². The number of rotatable bonds is 5. The van der Waals surface area contributed by atoms with Crippen molar-refractivity contribution >= 4 is 34.9 Å². The van der Waals surface area contributed by atoms with Crippen molar-refractivity contribution in [3.05, 3.63) is 53.1 Å². The second kappa shape index (κ2) is 9.29. The highest BCUT2D eigenvalue weighted by molar-refractivity contribution is 7.99. The molecule has 0 radical (unpaired) electrons. The Labute approximate surface area is 186 Å². The van der Waals surface area contributed by atoms with Gasteiger partial charge >= 0.3 is 0 Å². The van der Waals surface area contributed by atoms with Crippen molar-refractivity contribution in [2.45, 2.75) is 9.79 Å². The summed E-state index contributed by atoms with van der Waals surface area (Å²) in [6.07, 6.45) is 0. The van der Waals surface area contributed by atoms with Gasteiger partial charge in [0.2, 0.25) is 0 Å². The van der Waals surface area contributed by atoms with Crippen LogP contribution in [-0.4, -0.2) is 73.1 Å². The first-order valence-corrected chi connectivity index (χ1v) is 9.89. The lowest BCUT2D eigenvalue weighted by molar-refractivity contribution is 0.0652. The molecule has 2 aromatic rings. The van der Waals surface area contributed by atoms with Gasteiger partial charge in [-0.25, -0.2) is 4.99 Å². The smallest absolute Gasteiger partial charge is 0.137 e.